The van der Waals surface area contributed by atoms with Gasteiger partial charge in [-0.05, 0) is 54.6 Å². The summed E-state index contributed by atoms with van der Waals surface area (Å²) in [6, 6.07) is 5.72. The average Bonchev–Trinajstić information content (AvgIpc) is 2.47. The summed E-state index contributed by atoms with van der Waals surface area (Å²) in [6.45, 7) is 6.86. The van der Waals surface area contributed by atoms with Crippen LogP contribution in [0.25, 0.3) is 0 Å². The number of hydrogen-bond acceptors (Lipinski definition) is 2. The van der Waals surface area contributed by atoms with E-state index in [0.717, 1.165) is 18.0 Å². The normalized spacial score (nSPS) is 27.0. The third kappa shape index (κ3) is 4.58. The summed E-state index contributed by atoms with van der Waals surface area (Å²) in [5.41, 5.74) is 0.780. The molecule has 1 heterocycles. The van der Waals surface area contributed by atoms with Crippen molar-refractivity contribution in [3.05, 3.63) is 30.1 Å². The molecule has 0 saturated heterocycles. The fourth-order valence-electron chi connectivity index (χ4n) is 3.55. The Bertz CT molecular complexity index is 485. The zero-order chi connectivity index (χ0) is 15.2. The number of nitrogens with zero attached hydrogens (tertiary/aromatic N) is 1. The lowest BCUT2D eigenvalue weighted by atomic mass is 9.67. The molecule has 4 atom stereocenters. The van der Waals surface area contributed by atoms with E-state index in [0.29, 0.717) is 24.2 Å². The van der Waals surface area contributed by atoms with Crippen LogP contribution in [0.3, 0.4) is 0 Å². The lowest BCUT2D eigenvalue weighted by Crippen LogP contribution is -2.35. The van der Waals surface area contributed by atoms with Crippen molar-refractivity contribution < 1.29 is 5.11 Å². The first-order valence-corrected chi connectivity index (χ1v) is 8.16. The van der Waals surface area contributed by atoms with Crippen LogP contribution in [-0.4, -0.2) is 16.2 Å². The third-order valence-corrected chi connectivity index (χ3v) is 4.76. The van der Waals surface area contributed by atoms with E-state index in [1.165, 1.54) is 12.8 Å². The molecule has 21 heavy (non-hydrogen) atoms. The highest BCUT2D eigenvalue weighted by molar-refractivity contribution is 5.26. The minimum Gasteiger partial charge on any atom is -0.392 e. The summed E-state index contributed by atoms with van der Waals surface area (Å²) in [6.07, 6.45) is 5.67. The molecule has 0 amide bonds. The topological polar surface area (TPSA) is 33.1 Å². The van der Waals surface area contributed by atoms with Gasteiger partial charge >= 0.3 is 0 Å². The van der Waals surface area contributed by atoms with Crippen molar-refractivity contribution in [3.8, 4) is 11.8 Å². The predicted octanol–water partition coefficient (Wildman–Crippen LogP) is 3.89. The molecule has 1 aromatic heterocycles. The molecular formula is C19H27NO. The van der Waals surface area contributed by atoms with Crippen molar-refractivity contribution in [2.45, 2.75) is 52.6 Å². The molecule has 1 aliphatic carbocycles. The van der Waals surface area contributed by atoms with Gasteiger partial charge in [0.15, 0.2) is 0 Å². The number of aliphatic hydroxyl groups is 1. The Balaban J connectivity index is 1.97. The SMILES string of the molecule is CC1CCC(C(C)C)C(C(O)CC#Cc2ccccn2)C1. The Morgan fingerprint density at radius 2 is 2.10 bits per heavy atom. The number of rotatable bonds is 3. The van der Waals surface area contributed by atoms with Gasteiger partial charge in [0.25, 0.3) is 0 Å². The van der Waals surface area contributed by atoms with Crippen LogP contribution in [0.2, 0.25) is 0 Å². The molecule has 0 bridgehead atoms. The second-order valence-corrected chi connectivity index (χ2v) is 6.78. The maximum atomic E-state index is 10.6. The number of aliphatic hydroxyl groups excluding tert-OH is 1. The summed E-state index contributed by atoms with van der Waals surface area (Å²) in [5, 5.41) is 10.6. The molecule has 2 rings (SSSR count). The van der Waals surface area contributed by atoms with Crippen LogP contribution in [0.5, 0.6) is 0 Å². The largest absolute Gasteiger partial charge is 0.392 e. The molecule has 1 saturated carbocycles. The van der Waals surface area contributed by atoms with Crippen LogP contribution in [0.15, 0.2) is 24.4 Å². The van der Waals surface area contributed by atoms with Crippen molar-refractivity contribution in [2.75, 3.05) is 0 Å². The van der Waals surface area contributed by atoms with Gasteiger partial charge in [-0.3, -0.25) is 0 Å². The van der Waals surface area contributed by atoms with Gasteiger partial charge in [0.1, 0.15) is 5.69 Å². The van der Waals surface area contributed by atoms with Gasteiger partial charge in [-0.25, -0.2) is 4.98 Å². The molecule has 0 spiro atoms. The van der Waals surface area contributed by atoms with Gasteiger partial charge in [0, 0.05) is 12.6 Å². The van der Waals surface area contributed by atoms with Crippen LogP contribution in [0.4, 0.5) is 0 Å². The highest BCUT2D eigenvalue weighted by Crippen LogP contribution is 2.40. The van der Waals surface area contributed by atoms with E-state index in [4.69, 9.17) is 0 Å². The minimum atomic E-state index is -0.309. The van der Waals surface area contributed by atoms with E-state index in [1.54, 1.807) is 6.20 Å². The van der Waals surface area contributed by atoms with Crippen molar-refractivity contribution in [3.63, 3.8) is 0 Å². The molecule has 1 fully saturated rings. The smallest absolute Gasteiger partial charge is 0.113 e. The molecule has 1 aliphatic rings. The van der Waals surface area contributed by atoms with E-state index < -0.39 is 0 Å². The molecule has 2 nitrogen and oxygen atoms in total. The summed E-state index contributed by atoms with van der Waals surface area (Å²) >= 11 is 0. The maximum Gasteiger partial charge on any atom is 0.113 e. The Kier molecular flexibility index (Phi) is 5.82. The molecule has 2 heteroatoms. The molecule has 114 valence electrons. The zero-order valence-corrected chi connectivity index (χ0v) is 13.4. The first-order chi connectivity index (χ1) is 10.1. The highest BCUT2D eigenvalue weighted by Gasteiger charge is 2.34. The monoisotopic (exact) mass is 285 g/mol. The Morgan fingerprint density at radius 1 is 1.29 bits per heavy atom. The summed E-state index contributed by atoms with van der Waals surface area (Å²) in [5.74, 6) is 8.55. The van der Waals surface area contributed by atoms with Gasteiger partial charge < -0.3 is 5.11 Å². The van der Waals surface area contributed by atoms with E-state index >= 15 is 0 Å². The van der Waals surface area contributed by atoms with Crippen LogP contribution >= 0.6 is 0 Å². The van der Waals surface area contributed by atoms with Crippen LogP contribution in [0, 0.1) is 35.5 Å². The average molecular weight is 285 g/mol. The zero-order valence-electron chi connectivity index (χ0n) is 13.4. The van der Waals surface area contributed by atoms with Crippen LogP contribution < -0.4 is 0 Å². The Morgan fingerprint density at radius 3 is 2.76 bits per heavy atom. The highest BCUT2D eigenvalue weighted by atomic mass is 16.3. The van der Waals surface area contributed by atoms with Gasteiger partial charge in [0.05, 0.1) is 6.10 Å². The third-order valence-electron chi connectivity index (χ3n) is 4.76. The molecule has 0 radical (unpaired) electrons. The van der Waals surface area contributed by atoms with Crippen LogP contribution in [0.1, 0.15) is 52.1 Å². The lowest BCUT2D eigenvalue weighted by molar-refractivity contribution is 0.0189. The van der Waals surface area contributed by atoms with Crippen molar-refractivity contribution in [1.29, 1.82) is 0 Å². The summed E-state index contributed by atoms with van der Waals surface area (Å²) in [7, 11) is 0. The molecule has 0 aliphatic heterocycles. The van der Waals surface area contributed by atoms with E-state index in [-0.39, 0.29) is 6.10 Å². The first-order valence-electron chi connectivity index (χ1n) is 8.16. The predicted molar refractivity (Wildman–Crippen MR) is 86.6 cm³/mol. The van der Waals surface area contributed by atoms with E-state index in [9.17, 15) is 5.11 Å². The summed E-state index contributed by atoms with van der Waals surface area (Å²) < 4.78 is 0. The first kappa shape index (κ1) is 16.0. The second kappa shape index (κ2) is 7.61. The lowest BCUT2D eigenvalue weighted by Gasteiger charge is -2.39. The van der Waals surface area contributed by atoms with Crippen molar-refractivity contribution in [2.24, 2.45) is 23.7 Å². The van der Waals surface area contributed by atoms with Gasteiger partial charge in [-0.15, -0.1) is 0 Å². The van der Waals surface area contributed by atoms with E-state index in [2.05, 4.69) is 37.6 Å². The number of hydrogen-bond donors (Lipinski definition) is 1. The van der Waals surface area contributed by atoms with Crippen molar-refractivity contribution >= 4 is 0 Å². The molecule has 1 N–H and O–H groups in total. The number of aromatic nitrogens is 1. The number of pyridine rings is 1. The van der Waals surface area contributed by atoms with E-state index in [1.807, 2.05) is 18.2 Å². The van der Waals surface area contributed by atoms with Crippen LogP contribution in [-0.2, 0) is 0 Å². The molecule has 4 unspecified atom stereocenters. The fraction of sp³-hybridized carbons (Fsp3) is 0.632. The standard InChI is InChI=1S/C19H27NO/c1-14(2)17-11-10-15(3)13-18(17)19(21)9-6-8-16-7-4-5-12-20-16/h4-5,7,12,14-15,17-19,21H,9-11,13H2,1-3H3. The maximum absolute atomic E-state index is 10.6. The van der Waals surface area contributed by atoms with Gasteiger partial charge in [0.2, 0.25) is 0 Å². The summed E-state index contributed by atoms with van der Waals surface area (Å²) in [4.78, 5) is 4.19. The molecule has 1 aromatic rings. The van der Waals surface area contributed by atoms with Crippen molar-refractivity contribution in [1.82, 2.24) is 4.98 Å². The Labute approximate surface area is 129 Å². The quantitative estimate of drug-likeness (QED) is 0.855. The minimum absolute atomic E-state index is 0.309. The Hall–Kier alpha value is -1.33. The molecule has 0 aromatic carbocycles. The van der Waals surface area contributed by atoms with Gasteiger partial charge in [-0.1, -0.05) is 39.2 Å². The molecular weight excluding hydrogens is 258 g/mol. The second-order valence-electron chi connectivity index (χ2n) is 6.78. The van der Waals surface area contributed by atoms with Gasteiger partial charge in [-0.2, -0.15) is 0 Å². The fourth-order valence-corrected chi connectivity index (χ4v) is 3.55.